The Morgan fingerprint density at radius 3 is 2.67 bits per heavy atom. The molecule has 1 nitrogen and oxygen atoms in total. The van der Waals surface area contributed by atoms with Crippen molar-refractivity contribution < 1.29 is 4.39 Å². The van der Waals surface area contributed by atoms with Gasteiger partial charge in [0.2, 0.25) is 0 Å². The largest absolute Gasteiger partial charge is 0.305 e. The minimum Gasteiger partial charge on any atom is -0.305 e. The monoisotopic (exact) mass is 231 g/mol. The molecule has 3 heteroatoms. The highest BCUT2D eigenvalue weighted by Gasteiger charge is 2.04. The van der Waals surface area contributed by atoms with E-state index in [9.17, 15) is 4.39 Å². The smallest absolute Gasteiger partial charge is 0.137 e. The molecular formula is C9H11BrFN. The lowest BCUT2D eigenvalue weighted by molar-refractivity contribution is 0.400. The van der Waals surface area contributed by atoms with Crippen LogP contribution in [0.5, 0.6) is 0 Å². The minimum atomic E-state index is -0.200. The normalized spacial score (nSPS) is 10.8. The summed E-state index contributed by atoms with van der Waals surface area (Å²) in [6.07, 6.45) is 0. The molecule has 0 unspecified atom stereocenters. The molecule has 0 saturated heterocycles. The van der Waals surface area contributed by atoms with Gasteiger partial charge < -0.3 is 4.90 Å². The number of benzene rings is 1. The van der Waals surface area contributed by atoms with Gasteiger partial charge in [-0.2, -0.15) is 0 Å². The summed E-state index contributed by atoms with van der Waals surface area (Å²) in [5, 5.41) is 0. The van der Waals surface area contributed by atoms with E-state index in [2.05, 4.69) is 15.9 Å². The second kappa shape index (κ2) is 4.01. The van der Waals surface area contributed by atoms with E-state index in [0.29, 0.717) is 4.47 Å². The van der Waals surface area contributed by atoms with Gasteiger partial charge in [0.25, 0.3) is 0 Å². The van der Waals surface area contributed by atoms with Gasteiger partial charge in [0.05, 0.1) is 4.47 Å². The van der Waals surface area contributed by atoms with Gasteiger partial charge in [-0.25, -0.2) is 4.39 Å². The van der Waals surface area contributed by atoms with Crippen LogP contribution in [0, 0.1) is 5.82 Å². The Morgan fingerprint density at radius 2 is 2.08 bits per heavy atom. The third kappa shape index (κ3) is 2.29. The van der Waals surface area contributed by atoms with E-state index in [-0.39, 0.29) is 5.82 Å². The van der Waals surface area contributed by atoms with Gasteiger partial charge in [0.1, 0.15) is 5.82 Å². The van der Waals surface area contributed by atoms with Crippen LogP contribution in [0.3, 0.4) is 0 Å². The third-order valence-electron chi connectivity index (χ3n) is 1.52. The van der Waals surface area contributed by atoms with Gasteiger partial charge in [-0.05, 0) is 41.7 Å². The summed E-state index contributed by atoms with van der Waals surface area (Å²) in [5.41, 5.74) is 0.972. The van der Waals surface area contributed by atoms with E-state index in [0.717, 1.165) is 12.1 Å². The van der Waals surface area contributed by atoms with Crippen molar-refractivity contribution in [3.8, 4) is 0 Å². The molecule has 0 spiro atoms. The van der Waals surface area contributed by atoms with E-state index in [1.807, 2.05) is 25.1 Å². The van der Waals surface area contributed by atoms with Gasteiger partial charge in [0.15, 0.2) is 0 Å². The van der Waals surface area contributed by atoms with Crippen molar-refractivity contribution in [3.63, 3.8) is 0 Å². The number of halogens is 2. The van der Waals surface area contributed by atoms with Crippen LogP contribution < -0.4 is 0 Å². The van der Waals surface area contributed by atoms with Crippen molar-refractivity contribution in [2.75, 3.05) is 14.1 Å². The highest BCUT2D eigenvalue weighted by atomic mass is 79.9. The van der Waals surface area contributed by atoms with Crippen molar-refractivity contribution in [2.45, 2.75) is 6.54 Å². The molecule has 0 fully saturated rings. The van der Waals surface area contributed by atoms with Crippen LogP contribution in [-0.2, 0) is 6.54 Å². The third-order valence-corrected chi connectivity index (χ3v) is 2.41. The summed E-state index contributed by atoms with van der Waals surface area (Å²) >= 11 is 3.21. The molecule has 1 rings (SSSR count). The molecule has 0 amide bonds. The van der Waals surface area contributed by atoms with Gasteiger partial charge in [0, 0.05) is 6.54 Å². The molecule has 1 aromatic carbocycles. The van der Waals surface area contributed by atoms with Gasteiger partial charge in [-0.1, -0.05) is 12.1 Å². The standard InChI is InChI=1S/C9H11BrFN/c1-12(2)6-7-4-3-5-8(11)9(7)10/h3-5H,6H2,1-2H3. The van der Waals surface area contributed by atoms with Crippen molar-refractivity contribution >= 4 is 15.9 Å². The average Bonchev–Trinajstić information content (AvgIpc) is 1.98. The SMILES string of the molecule is CN(C)Cc1cccc(F)c1Br. The topological polar surface area (TPSA) is 3.24 Å². The molecule has 0 aromatic heterocycles. The number of rotatable bonds is 2. The van der Waals surface area contributed by atoms with Crippen LogP contribution in [0.2, 0.25) is 0 Å². The van der Waals surface area contributed by atoms with E-state index < -0.39 is 0 Å². The molecule has 0 saturated carbocycles. The first kappa shape index (κ1) is 9.68. The first-order chi connectivity index (χ1) is 5.61. The van der Waals surface area contributed by atoms with Crippen molar-refractivity contribution in [3.05, 3.63) is 34.1 Å². The molecule has 0 atom stereocenters. The van der Waals surface area contributed by atoms with Gasteiger partial charge in [-0.15, -0.1) is 0 Å². The van der Waals surface area contributed by atoms with Gasteiger partial charge in [-0.3, -0.25) is 0 Å². The fourth-order valence-corrected chi connectivity index (χ4v) is 1.40. The second-order valence-electron chi connectivity index (χ2n) is 2.95. The lowest BCUT2D eigenvalue weighted by atomic mass is 10.2. The fourth-order valence-electron chi connectivity index (χ4n) is 1.01. The quantitative estimate of drug-likeness (QED) is 0.757. The summed E-state index contributed by atoms with van der Waals surface area (Å²) in [5.74, 6) is -0.200. The van der Waals surface area contributed by atoms with E-state index in [1.165, 1.54) is 6.07 Å². The van der Waals surface area contributed by atoms with Crippen LogP contribution in [0.25, 0.3) is 0 Å². The first-order valence-corrected chi connectivity index (χ1v) is 4.48. The Bertz CT molecular complexity index is 273. The summed E-state index contributed by atoms with van der Waals surface area (Å²) in [6.45, 7) is 0.748. The Balaban J connectivity index is 2.92. The Labute approximate surface area is 80.3 Å². The highest BCUT2D eigenvalue weighted by Crippen LogP contribution is 2.20. The van der Waals surface area contributed by atoms with Crippen LogP contribution in [0.4, 0.5) is 4.39 Å². The molecule has 0 N–H and O–H groups in total. The summed E-state index contributed by atoms with van der Waals surface area (Å²) in [7, 11) is 3.91. The van der Waals surface area contributed by atoms with Crippen molar-refractivity contribution in [2.24, 2.45) is 0 Å². The Kier molecular flexibility index (Phi) is 3.23. The lowest BCUT2D eigenvalue weighted by Gasteiger charge is -2.11. The van der Waals surface area contributed by atoms with Gasteiger partial charge >= 0.3 is 0 Å². The lowest BCUT2D eigenvalue weighted by Crippen LogP contribution is -2.11. The molecular weight excluding hydrogens is 221 g/mol. The number of hydrogen-bond donors (Lipinski definition) is 0. The first-order valence-electron chi connectivity index (χ1n) is 3.69. The van der Waals surface area contributed by atoms with Crippen LogP contribution in [0.15, 0.2) is 22.7 Å². The minimum absolute atomic E-state index is 0.200. The number of hydrogen-bond acceptors (Lipinski definition) is 1. The predicted octanol–water partition coefficient (Wildman–Crippen LogP) is 2.65. The molecule has 0 aliphatic carbocycles. The zero-order valence-corrected chi connectivity index (χ0v) is 8.73. The Morgan fingerprint density at radius 1 is 1.42 bits per heavy atom. The molecule has 0 radical (unpaired) electrons. The molecule has 0 bridgehead atoms. The molecule has 66 valence electrons. The maximum Gasteiger partial charge on any atom is 0.137 e. The average molecular weight is 232 g/mol. The molecule has 0 heterocycles. The number of nitrogens with zero attached hydrogens (tertiary/aromatic N) is 1. The second-order valence-corrected chi connectivity index (χ2v) is 3.74. The van der Waals surface area contributed by atoms with E-state index in [4.69, 9.17) is 0 Å². The van der Waals surface area contributed by atoms with Crippen LogP contribution in [-0.4, -0.2) is 19.0 Å². The molecule has 0 aliphatic rings. The Hall–Kier alpha value is -0.410. The predicted molar refractivity (Wildman–Crippen MR) is 51.5 cm³/mol. The summed E-state index contributed by atoms with van der Waals surface area (Å²) < 4.78 is 13.5. The maximum atomic E-state index is 13.0. The zero-order valence-electron chi connectivity index (χ0n) is 7.14. The van der Waals surface area contributed by atoms with Crippen LogP contribution >= 0.6 is 15.9 Å². The van der Waals surface area contributed by atoms with Crippen LogP contribution in [0.1, 0.15) is 5.56 Å². The van der Waals surface area contributed by atoms with E-state index >= 15 is 0 Å². The fraction of sp³-hybridized carbons (Fsp3) is 0.333. The van der Waals surface area contributed by atoms with E-state index in [1.54, 1.807) is 6.07 Å². The summed E-state index contributed by atoms with van der Waals surface area (Å²) in [6, 6.07) is 5.08. The molecule has 0 aliphatic heterocycles. The summed E-state index contributed by atoms with van der Waals surface area (Å²) in [4.78, 5) is 2.00. The molecule has 12 heavy (non-hydrogen) atoms. The molecule has 1 aromatic rings. The maximum absolute atomic E-state index is 13.0. The van der Waals surface area contributed by atoms with Crippen molar-refractivity contribution in [1.29, 1.82) is 0 Å². The highest BCUT2D eigenvalue weighted by molar-refractivity contribution is 9.10. The zero-order chi connectivity index (χ0) is 9.14. The van der Waals surface area contributed by atoms with Crippen molar-refractivity contribution in [1.82, 2.24) is 4.90 Å².